The van der Waals surface area contributed by atoms with E-state index in [0.29, 0.717) is 17.7 Å². The summed E-state index contributed by atoms with van der Waals surface area (Å²) in [5.41, 5.74) is 0.886. The summed E-state index contributed by atoms with van der Waals surface area (Å²) in [7, 11) is -2.90. The Kier molecular flexibility index (Phi) is 8.29. The average molecular weight is 505 g/mol. The van der Waals surface area contributed by atoms with E-state index < -0.39 is 27.8 Å². The lowest BCUT2D eigenvalue weighted by Gasteiger charge is -2.29. The Labute approximate surface area is 203 Å². The number of benzene rings is 3. The molecule has 0 saturated carbocycles. The third-order valence-corrected chi connectivity index (χ3v) is 6.59. The Hall–Kier alpha value is -3.66. The van der Waals surface area contributed by atoms with Gasteiger partial charge in [0.2, 0.25) is 0 Å². The summed E-state index contributed by atoms with van der Waals surface area (Å²) < 4.78 is 62.7. The Bertz CT molecular complexity index is 1280. The molecule has 10 heteroatoms. The lowest BCUT2D eigenvalue weighted by molar-refractivity contribution is 0.187. The Morgan fingerprint density at radius 3 is 2.34 bits per heavy atom. The van der Waals surface area contributed by atoms with Crippen molar-refractivity contribution >= 4 is 21.8 Å². The van der Waals surface area contributed by atoms with E-state index in [-0.39, 0.29) is 29.0 Å². The number of carbonyl (C=O) groups excluding carboxylic acids is 1. The minimum atomic E-state index is -4.27. The van der Waals surface area contributed by atoms with E-state index in [4.69, 9.17) is 8.92 Å². The van der Waals surface area contributed by atoms with Gasteiger partial charge in [-0.05, 0) is 73.5 Å². The maximum Gasteiger partial charge on any atom is 0.339 e. The van der Waals surface area contributed by atoms with Gasteiger partial charge >= 0.3 is 16.1 Å². The molecule has 2 amide bonds. The molecule has 35 heavy (non-hydrogen) atoms. The van der Waals surface area contributed by atoms with Gasteiger partial charge in [-0.25, -0.2) is 13.6 Å². The van der Waals surface area contributed by atoms with Crippen molar-refractivity contribution in [3.63, 3.8) is 0 Å². The first-order valence-corrected chi connectivity index (χ1v) is 12.2. The van der Waals surface area contributed by atoms with Gasteiger partial charge in [-0.1, -0.05) is 19.1 Å². The van der Waals surface area contributed by atoms with Crippen LogP contribution in [-0.2, 0) is 16.7 Å². The molecule has 3 aromatic rings. The molecule has 186 valence electrons. The summed E-state index contributed by atoms with van der Waals surface area (Å²) in [6.45, 7) is 3.91. The summed E-state index contributed by atoms with van der Waals surface area (Å²) in [6.07, 6.45) is 0.648. The summed E-state index contributed by atoms with van der Waals surface area (Å²) in [5, 5.41) is 2.68. The molecule has 3 rings (SSSR count). The number of nitrogens with one attached hydrogen (secondary N) is 1. The Balaban J connectivity index is 1.86. The highest BCUT2D eigenvalue weighted by molar-refractivity contribution is 7.87. The summed E-state index contributed by atoms with van der Waals surface area (Å²) in [4.78, 5) is 14.3. The minimum absolute atomic E-state index is 0.0797. The highest BCUT2D eigenvalue weighted by Gasteiger charge is 2.23. The second-order valence-corrected chi connectivity index (χ2v) is 9.35. The quantitative estimate of drug-likeness (QED) is 0.385. The molecule has 0 radical (unpaired) electrons. The van der Waals surface area contributed by atoms with Crippen LogP contribution in [-0.4, -0.2) is 32.5 Å². The van der Waals surface area contributed by atoms with Crippen molar-refractivity contribution in [3.05, 3.63) is 83.9 Å². The fourth-order valence-corrected chi connectivity index (χ4v) is 4.19. The molecule has 0 bridgehead atoms. The molecule has 0 spiro atoms. The SMILES string of the molecule is CC[C@H](C)N(Cc1ccc(OC)c(OS(=O)(=O)c2ccc(F)cc2)c1)C(=O)Nc1cccc(F)c1. The molecule has 0 aromatic heterocycles. The van der Waals surface area contributed by atoms with Crippen LogP contribution in [0.4, 0.5) is 19.3 Å². The number of nitrogens with zero attached hydrogens (tertiary/aromatic N) is 1. The average Bonchev–Trinajstić information content (AvgIpc) is 2.82. The molecule has 3 aromatic carbocycles. The molecular weight excluding hydrogens is 478 g/mol. The molecule has 0 aliphatic rings. The first-order valence-electron chi connectivity index (χ1n) is 10.8. The predicted molar refractivity (Wildman–Crippen MR) is 128 cm³/mol. The normalized spacial score (nSPS) is 12.0. The molecular formula is C25H26F2N2O5S. The topological polar surface area (TPSA) is 84.9 Å². The lowest BCUT2D eigenvalue weighted by atomic mass is 10.1. The molecule has 1 N–H and O–H groups in total. The van der Waals surface area contributed by atoms with Gasteiger partial charge in [0, 0.05) is 18.3 Å². The first-order chi connectivity index (χ1) is 16.6. The molecule has 7 nitrogen and oxygen atoms in total. The van der Waals surface area contributed by atoms with Crippen molar-refractivity contribution in [2.24, 2.45) is 0 Å². The monoisotopic (exact) mass is 504 g/mol. The number of carbonyl (C=O) groups is 1. The largest absolute Gasteiger partial charge is 0.493 e. The van der Waals surface area contributed by atoms with Crippen LogP contribution < -0.4 is 14.2 Å². The van der Waals surface area contributed by atoms with Crippen molar-refractivity contribution in [1.82, 2.24) is 4.90 Å². The summed E-state index contributed by atoms with van der Waals surface area (Å²) in [5.74, 6) is -0.968. The van der Waals surface area contributed by atoms with Crippen molar-refractivity contribution < 1.29 is 30.9 Å². The van der Waals surface area contributed by atoms with Crippen molar-refractivity contribution in [2.45, 2.75) is 37.8 Å². The first kappa shape index (κ1) is 26.0. The van der Waals surface area contributed by atoms with E-state index in [0.717, 1.165) is 24.3 Å². The highest BCUT2D eigenvalue weighted by Crippen LogP contribution is 2.32. The number of rotatable bonds is 9. The number of hydrogen-bond acceptors (Lipinski definition) is 5. The van der Waals surface area contributed by atoms with Crippen molar-refractivity contribution in [3.8, 4) is 11.5 Å². The van der Waals surface area contributed by atoms with Gasteiger partial charge < -0.3 is 19.1 Å². The number of urea groups is 1. The third-order valence-electron chi connectivity index (χ3n) is 5.34. The van der Waals surface area contributed by atoms with Crippen LogP contribution in [0.3, 0.4) is 0 Å². The van der Waals surface area contributed by atoms with E-state index in [1.54, 1.807) is 17.0 Å². The van der Waals surface area contributed by atoms with Crippen LogP contribution in [0.5, 0.6) is 11.5 Å². The van der Waals surface area contributed by atoms with E-state index >= 15 is 0 Å². The zero-order chi connectivity index (χ0) is 25.6. The minimum Gasteiger partial charge on any atom is -0.493 e. The van der Waals surface area contributed by atoms with Crippen molar-refractivity contribution in [2.75, 3.05) is 12.4 Å². The number of anilines is 1. The fraction of sp³-hybridized carbons (Fsp3) is 0.240. The second-order valence-electron chi connectivity index (χ2n) is 7.80. The number of amides is 2. The van der Waals surface area contributed by atoms with E-state index in [2.05, 4.69) is 5.32 Å². The molecule has 0 unspecified atom stereocenters. The summed E-state index contributed by atoms with van der Waals surface area (Å²) in [6, 6.07) is 13.9. The van der Waals surface area contributed by atoms with E-state index in [9.17, 15) is 22.0 Å². The number of ether oxygens (including phenoxy) is 1. The van der Waals surface area contributed by atoms with Crippen LogP contribution in [0.25, 0.3) is 0 Å². The maximum atomic E-state index is 13.5. The van der Waals surface area contributed by atoms with Crippen LogP contribution in [0.1, 0.15) is 25.8 Å². The molecule has 0 aliphatic heterocycles. The van der Waals surface area contributed by atoms with Gasteiger partial charge in [-0.3, -0.25) is 0 Å². The zero-order valence-electron chi connectivity index (χ0n) is 19.5. The number of halogens is 2. The second kappa shape index (κ2) is 11.2. The lowest BCUT2D eigenvalue weighted by Crippen LogP contribution is -2.40. The molecule has 0 aliphatic carbocycles. The van der Waals surface area contributed by atoms with Gasteiger partial charge in [0.15, 0.2) is 11.5 Å². The standard InChI is InChI=1S/C25H26F2N2O5S/c1-4-17(2)29(25(30)28-21-7-5-6-20(27)15-21)16-18-8-13-23(33-3)24(14-18)34-35(31,32)22-11-9-19(26)10-12-22/h5-15,17H,4,16H2,1-3H3,(H,28,30)/t17-/m0/s1. The molecule has 0 saturated heterocycles. The van der Waals surface area contributed by atoms with Crippen LogP contribution in [0.2, 0.25) is 0 Å². The van der Waals surface area contributed by atoms with Gasteiger partial charge in [-0.15, -0.1) is 0 Å². The van der Waals surface area contributed by atoms with Gasteiger partial charge in [0.25, 0.3) is 0 Å². The molecule has 1 atom stereocenters. The van der Waals surface area contributed by atoms with Gasteiger partial charge in [0.1, 0.15) is 16.5 Å². The maximum absolute atomic E-state index is 13.5. The number of hydrogen-bond donors (Lipinski definition) is 1. The smallest absolute Gasteiger partial charge is 0.339 e. The van der Waals surface area contributed by atoms with Gasteiger partial charge in [-0.2, -0.15) is 8.42 Å². The highest BCUT2D eigenvalue weighted by atomic mass is 32.2. The van der Waals surface area contributed by atoms with E-state index in [1.807, 2.05) is 13.8 Å². The molecule has 0 heterocycles. The molecule has 0 fully saturated rings. The van der Waals surface area contributed by atoms with Gasteiger partial charge in [0.05, 0.1) is 7.11 Å². The van der Waals surface area contributed by atoms with Crippen LogP contribution in [0, 0.1) is 11.6 Å². The number of methoxy groups -OCH3 is 1. The zero-order valence-corrected chi connectivity index (χ0v) is 20.3. The Morgan fingerprint density at radius 1 is 1.00 bits per heavy atom. The third kappa shape index (κ3) is 6.69. The Morgan fingerprint density at radius 2 is 1.71 bits per heavy atom. The van der Waals surface area contributed by atoms with Crippen molar-refractivity contribution in [1.29, 1.82) is 0 Å². The van der Waals surface area contributed by atoms with E-state index in [1.165, 1.54) is 37.4 Å². The summed E-state index contributed by atoms with van der Waals surface area (Å²) >= 11 is 0. The van der Waals surface area contributed by atoms with Crippen LogP contribution in [0.15, 0.2) is 71.6 Å². The fourth-order valence-electron chi connectivity index (χ4n) is 3.26. The predicted octanol–water partition coefficient (Wildman–Crippen LogP) is 5.57. The van der Waals surface area contributed by atoms with Crippen LogP contribution >= 0.6 is 0 Å².